The molecule has 0 unspecified atom stereocenters. The van der Waals surface area contributed by atoms with Crippen molar-refractivity contribution in [2.45, 2.75) is 18.9 Å². The lowest BCUT2D eigenvalue weighted by Gasteiger charge is -2.26. The van der Waals surface area contributed by atoms with Crippen LogP contribution in [-0.2, 0) is 23.1 Å². The molecule has 1 N–H and O–H groups in total. The van der Waals surface area contributed by atoms with E-state index in [1.54, 1.807) is 41.0 Å². The van der Waals surface area contributed by atoms with E-state index in [4.69, 9.17) is 0 Å². The van der Waals surface area contributed by atoms with Gasteiger partial charge in [-0.3, -0.25) is 9.59 Å². The highest BCUT2D eigenvalue weighted by Crippen LogP contribution is 2.37. The number of halogens is 1. The first-order chi connectivity index (χ1) is 11.5. The second-order valence-electron chi connectivity index (χ2n) is 5.95. The van der Waals surface area contributed by atoms with E-state index in [9.17, 15) is 19.1 Å². The molecule has 126 valence electrons. The first kappa shape index (κ1) is 16.2. The number of aliphatic carboxylic acids is 1. The van der Waals surface area contributed by atoms with E-state index in [-0.39, 0.29) is 18.1 Å². The van der Waals surface area contributed by atoms with Crippen molar-refractivity contribution in [1.82, 2.24) is 14.5 Å². The van der Waals surface area contributed by atoms with E-state index >= 15 is 0 Å². The van der Waals surface area contributed by atoms with Crippen molar-refractivity contribution in [1.29, 1.82) is 0 Å². The van der Waals surface area contributed by atoms with Gasteiger partial charge in [0.15, 0.2) is 0 Å². The monoisotopic (exact) mass is 331 g/mol. The summed E-state index contributed by atoms with van der Waals surface area (Å²) in [5.41, 5.74) is 0.890. The van der Waals surface area contributed by atoms with Crippen molar-refractivity contribution >= 4 is 11.9 Å². The van der Waals surface area contributed by atoms with Crippen LogP contribution in [0.3, 0.4) is 0 Å². The van der Waals surface area contributed by atoms with E-state index in [0.29, 0.717) is 18.8 Å². The van der Waals surface area contributed by atoms with Gasteiger partial charge in [-0.2, -0.15) is 0 Å². The molecule has 1 aromatic heterocycles. The molecule has 24 heavy (non-hydrogen) atoms. The third-order valence-corrected chi connectivity index (χ3v) is 4.43. The molecule has 1 aliphatic rings. The minimum Gasteiger partial charge on any atom is -0.481 e. The molecule has 1 aromatic carbocycles. The molecule has 1 saturated heterocycles. The van der Waals surface area contributed by atoms with Gasteiger partial charge in [0.2, 0.25) is 5.91 Å². The quantitative estimate of drug-likeness (QED) is 0.906. The van der Waals surface area contributed by atoms with Gasteiger partial charge in [-0.25, -0.2) is 9.37 Å². The molecule has 1 amide bonds. The molecular formula is C17H18FN3O3. The normalized spacial score (nSPS) is 20.6. The number of benzene rings is 1. The molecule has 0 saturated carbocycles. The maximum absolute atomic E-state index is 13.0. The van der Waals surface area contributed by atoms with Crippen molar-refractivity contribution < 1.29 is 19.1 Å². The molecule has 2 aromatic rings. The summed E-state index contributed by atoms with van der Waals surface area (Å²) in [4.78, 5) is 29.7. The van der Waals surface area contributed by atoms with Gasteiger partial charge in [0.25, 0.3) is 0 Å². The van der Waals surface area contributed by atoms with Crippen molar-refractivity contribution in [3.8, 4) is 0 Å². The highest BCUT2D eigenvalue weighted by molar-refractivity contribution is 5.87. The Morgan fingerprint density at radius 2 is 2.08 bits per heavy atom. The number of amides is 1. The molecule has 0 bridgehead atoms. The van der Waals surface area contributed by atoms with Crippen LogP contribution in [0.4, 0.5) is 4.39 Å². The lowest BCUT2D eigenvalue weighted by molar-refractivity contribution is -0.142. The predicted octanol–water partition coefficient (Wildman–Crippen LogP) is 1.78. The number of carboxylic acid groups (broad SMARTS) is 1. The number of aryl methyl sites for hydroxylation is 1. The molecule has 2 atom stereocenters. The highest BCUT2D eigenvalue weighted by Gasteiger charge is 2.46. The average molecular weight is 331 g/mol. The molecular weight excluding hydrogens is 313 g/mol. The number of hydrogen-bond acceptors (Lipinski definition) is 3. The third kappa shape index (κ3) is 3.02. The number of likely N-dealkylation sites (tertiary alicyclic amines) is 1. The van der Waals surface area contributed by atoms with Gasteiger partial charge in [0.05, 0.1) is 5.92 Å². The summed E-state index contributed by atoms with van der Waals surface area (Å²) in [6.07, 6.45) is 3.82. The minimum atomic E-state index is -0.999. The number of rotatable bonds is 5. The summed E-state index contributed by atoms with van der Waals surface area (Å²) in [5.74, 6) is -1.76. The summed E-state index contributed by atoms with van der Waals surface area (Å²) in [5, 5.41) is 9.47. The fourth-order valence-electron chi connectivity index (χ4n) is 3.16. The molecule has 0 spiro atoms. The summed E-state index contributed by atoms with van der Waals surface area (Å²) in [7, 11) is 1.78. The topological polar surface area (TPSA) is 75.4 Å². The lowest BCUT2D eigenvalue weighted by atomic mass is 9.99. The van der Waals surface area contributed by atoms with Crippen LogP contribution in [0.25, 0.3) is 0 Å². The number of carbonyl (C=O) groups excluding carboxylic acids is 1. The zero-order valence-corrected chi connectivity index (χ0v) is 13.2. The van der Waals surface area contributed by atoms with E-state index in [2.05, 4.69) is 4.98 Å². The van der Waals surface area contributed by atoms with Crippen LogP contribution in [0.15, 0.2) is 36.7 Å². The Balaban J connectivity index is 1.83. The van der Waals surface area contributed by atoms with Gasteiger partial charge in [0.1, 0.15) is 17.7 Å². The van der Waals surface area contributed by atoms with Crippen LogP contribution in [0, 0.1) is 11.7 Å². The second kappa shape index (κ2) is 6.43. The molecule has 1 aliphatic heterocycles. The molecule has 0 radical (unpaired) electrons. The van der Waals surface area contributed by atoms with Crippen molar-refractivity contribution in [2.75, 3.05) is 6.54 Å². The van der Waals surface area contributed by atoms with Crippen LogP contribution in [0.5, 0.6) is 0 Å². The van der Waals surface area contributed by atoms with E-state index in [1.807, 2.05) is 0 Å². The Morgan fingerprint density at radius 3 is 2.67 bits per heavy atom. The van der Waals surface area contributed by atoms with Gasteiger partial charge in [-0.1, -0.05) is 12.1 Å². The Labute approximate surface area is 138 Å². The first-order valence-electron chi connectivity index (χ1n) is 7.71. The number of nitrogens with zero attached hydrogens (tertiary/aromatic N) is 3. The van der Waals surface area contributed by atoms with Gasteiger partial charge < -0.3 is 14.6 Å². The fourth-order valence-corrected chi connectivity index (χ4v) is 3.16. The summed E-state index contributed by atoms with van der Waals surface area (Å²) < 4.78 is 14.7. The predicted molar refractivity (Wildman–Crippen MR) is 83.5 cm³/mol. The van der Waals surface area contributed by atoms with Crippen molar-refractivity contribution in [3.05, 3.63) is 53.9 Å². The smallest absolute Gasteiger partial charge is 0.309 e. The second-order valence-corrected chi connectivity index (χ2v) is 5.95. The van der Waals surface area contributed by atoms with Crippen molar-refractivity contribution in [3.63, 3.8) is 0 Å². The Kier molecular flexibility index (Phi) is 4.33. The van der Waals surface area contributed by atoms with Crippen LogP contribution in [0.1, 0.15) is 23.9 Å². The lowest BCUT2D eigenvalue weighted by Crippen LogP contribution is -2.34. The van der Waals surface area contributed by atoms with Gasteiger partial charge >= 0.3 is 5.97 Å². The van der Waals surface area contributed by atoms with Gasteiger partial charge in [-0.05, 0) is 24.1 Å². The summed E-state index contributed by atoms with van der Waals surface area (Å²) >= 11 is 0. The van der Waals surface area contributed by atoms with Crippen molar-refractivity contribution in [2.24, 2.45) is 13.0 Å². The zero-order chi connectivity index (χ0) is 17.3. The largest absolute Gasteiger partial charge is 0.481 e. The van der Waals surface area contributed by atoms with E-state index < -0.39 is 17.9 Å². The van der Waals surface area contributed by atoms with Crippen LogP contribution in [0.2, 0.25) is 0 Å². The minimum absolute atomic E-state index is 0.0315. The van der Waals surface area contributed by atoms with Crippen LogP contribution in [-0.4, -0.2) is 38.0 Å². The third-order valence-electron chi connectivity index (χ3n) is 4.43. The number of imidazole rings is 1. The Bertz CT molecular complexity index is 757. The van der Waals surface area contributed by atoms with Crippen LogP contribution >= 0.6 is 0 Å². The van der Waals surface area contributed by atoms with Crippen LogP contribution < -0.4 is 0 Å². The summed E-state index contributed by atoms with van der Waals surface area (Å²) in [6, 6.07) is 5.49. The molecule has 0 aliphatic carbocycles. The molecule has 2 heterocycles. The summed E-state index contributed by atoms with van der Waals surface area (Å²) in [6.45, 7) is 0.367. The standard InChI is InChI=1S/C17H18FN3O3/c1-20-9-7-19-16(20)15-13(17(23)24)10-14(22)21(15)8-6-11-2-4-12(18)5-3-11/h2-5,7,9,13,15H,6,8,10H2,1H3,(H,23,24)/t13-,15+/m0/s1. The Morgan fingerprint density at radius 1 is 1.38 bits per heavy atom. The zero-order valence-electron chi connectivity index (χ0n) is 13.2. The average Bonchev–Trinajstić information content (AvgIpc) is 3.10. The first-order valence-corrected chi connectivity index (χ1v) is 7.71. The number of carboxylic acids is 1. The number of hydrogen-bond donors (Lipinski definition) is 1. The highest BCUT2D eigenvalue weighted by atomic mass is 19.1. The number of carbonyl (C=O) groups is 2. The molecule has 1 fully saturated rings. The van der Waals surface area contributed by atoms with Gasteiger partial charge in [-0.15, -0.1) is 0 Å². The molecule has 6 nitrogen and oxygen atoms in total. The number of aromatic nitrogens is 2. The van der Waals surface area contributed by atoms with Gasteiger partial charge in [0, 0.05) is 32.4 Å². The molecule has 7 heteroatoms. The van der Waals surface area contributed by atoms with E-state index in [0.717, 1.165) is 5.56 Å². The molecule has 3 rings (SSSR count). The Hall–Kier alpha value is -2.70. The maximum atomic E-state index is 13.0. The SMILES string of the molecule is Cn1ccnc1[C@H]1[C@@H](C(=O)O)CC(=O)N1CCc1ccc(F)cc1. The fraction of sp³-hybridized carbons (Fsp3) is 0.353. The van der Waals surface area contributed by atoms with E-state index in [1.165, 1.54) is 12.1 Å². The maximum Gasteiger partial charge on any atom is 0.309 e.